The fourth-order valence-electron chi connectivity index (χ4n) is 5.43. The van der Waals surface area contributed by atoms with E-state index < -0.39 is 0 Å². The number of rotatable bonds is 4. The normalized spacial score (nSPS) is 19.2. The number of likely N-dealkylation sites (tertiary alicyclic amines) is 1. The van der Waals surface area contributed by atoms with E-state index in [1.54, 1.807) is 12.3 Å². The highest BCUT2D eigenvalue weighted by Crippen LogP contribution is 2.46. The van der Waals surface area contributed by atoms with Crippen molar-refractivity contribution < 1.29 is 9.59 Å². The van der Waals surface area contributed by atoms with Crippen LogP contribution in [-0.2, 0) is 0 Å². The molecule has 1 aliphatic heterocycles. The number of piperidine rings is 1. The van der Waals surface area contributed by atoms with Crippen LogP contribution in [0, 0.1) is 5.41 Å². The van der Waals surface area contributed by atoms with Crippen LogP contribution in [-0.4, -0.2) is 45.8 Å². The molecule has 2 fully saturated rings. The van der Waals surface area contributed by atoms with E-state index >= 15 is 0 Å². The number of hydrogen-bond acceptors (Lipinski definition) is 4. The summed E-state index contributed by atoms with van der Waals surface area (Å²) in [6, 6.07) is 16.8. The molecular formula is C27H28N4O3. The van der Waals surface area contributed by atoms with E-state index in [1.165, 1.54) is 12.3 Å². The van der Waals surface area contributed by atoms with Crippen LogP contribution in [0.15, 0.2) is 71.8 Å². The first-order valence-corrected chi connectivity index (χ1v) is 11.8. The Labute approximate surface area is 198 Å². The molecule has 1 unspecified atom stereocenters. The Morgan fingerprint density at radius 1 is 1.00 bits per heavy atom. The van der Waals surface area contributed by atoms with E-state index in [2.05, 4.69) is 15.3 Å². The van der Waals surface area contributed by atoms with Gasteiger partial charge < -0.3 is 15.2 Å². The SMILES string of the molecule is O=C(NC1CCCC12CCN(C(=O)c1cc(-c3ccccc3)ccn1)CC2)c1ccc(=O)[nH]c1. The first-order chi connectivity index (χ1) is 16.5. The standard InChI is InChI=1S/C27H28N4O3/c32-24-9-8-21(18-29-24)25(33)30-23-7-4-11-27(23)12-15-31(16-13-27)26(34)22-17-20(10-14-28-22)19-5-2-1-3-6-19/h1-3,5-6,8-10,14,17-18,23H,4,7,11-13,15-16H2,(H,29,32)(H,30,33). The molecule has 3 heterocycles. The third-order valence-electron chi connectivity index (χ3n) is 7.39. The van der Waals surface area contributed by atoms with Crippen LogP contribution >= 0.6 is 0 Å². The average molecular weight is 457 g/mol. The fourth-order valence-corrected chi connectivity index (χ4v) is 5.43. The summed E-state index contributed by atoms with van der Waals surface area (Å²) in [5.41, 5.74) is 2.74. The quantitative estimate of drug-likeness (QED) is 0.627. The molecule has 34 heavy (non-hydrogen) atoms. The molecule has 3 aromatic rings. The number of aromatic nitrogens is 2. The molecule has 2 aromatic heterocycles. The lowest BCUT2D eigenvalue weighted by Crippen LogP contribution is -2.51. The number of aromatic amines is 1. The van der Waals surface area contributed by atoms with Gasteiger partial charge in [0.1, 0.15) is 5.69 Å². The van der Waals surface area contributed by atoms with E-state index in [0.717, 1.165) is 43.2 Å². The maximum Gasteiger partial charge on any atom is 0.272 e. The summed E-state index contributed by atoms with van der Waals surface area (Å²) in [4.78, 5) is 46.0. The van der Waals surface area contributed by atoms with Gasteiger partial charge in [0.2, 0.25) is 5.56 Å². The second-order valence-electron chi connectivity index (χ2n) is 9.31. The molecule has 2 N–H and O–H groups in total. The van der Waals surface area contributed by atoms with Crippen molar-refractivity contribution in [3.05, 3.63) is 88.6 Å². The van der Waals surface area contributed by atoms with Crippen molar-refractivity contribution in [1.82, 2.24) is 20.2 Å². The largest absolute Gasteiger partial charge is 0.349 e. The second-order valence-corrected chi connectivity index (χ2v) is 9.31. The van der Waals surface area contributed by atoms with Crippen molar-refractivity contribution >= 4 is 11.8 Å². The van der Waals surface area contributed by atoms with E-state index in [1.807, 2.05) is 47.4 Å². The molecule has 7 nitrogen and oxygen atoms in total. The summed E-state index contributed by atoms with van der Waals surface area (Å²) in [6.45, 7) is 1.31. The third kappa shape index (κ3) is 4.38. The van der Waals surface area contributed by atoms with Gasteiger partial charge in [-0.1, -0.05) is 36.8 Å². The van der Waals surface area contributed by atoms with Crippen molar-refractivity contribution in [3.63, 3.8) is 0 Å². The molecule has 0 bridgehead atoms. The lowest BCUT2D eigenvalue weighted by Gasteiger charge is -2.43. The van der Waals surface area contributed by atoms with Gasteiger partial charge in [0.15, 0.2) is 0 Å². The van der Waals surface area contributed by atoms with E-state index in [-0.39, 0.29) is 28.8 Å². The molecule has 0 radical (unpaired) electrons. The number of carbonyl (C=O) groups excluding carboxylic acids is 2. The summed E-state index contributed by atoms with van der Waals surface area (Å²) in [5, 5.41) is 3.20. The lowest BCUT2D eigenvalue weighted by molar-refractivity contribution is 0.0504. The highest BCUT2D eigenvalue weighted by atomic mass is 16.2. The maximum atomic E-state index is 13.2. The molecular weight excluding hydrogens is 428 g/mol. The Hall–Kier alpha value is -3.74. The van der Waals surface area contributed by atoms with E-state index in [9.17, 15) is 14.4 Å². The summed E-state index contributed by atoms with van der Waals surface area (Å²) < 4.78 is 0. The minimum absolute atomic E-state index is 0.00788. The Morgan fingerprint density at radius 3 is 2.53 bits per heavy atom. The fraction of sp³-hybridized carbons (Fsp3) is 0.333. The number of pyridine rings is 2. The maximum absolute atomic E-state index is 13.2. The van der Waals surface area contributed by atoms with Crippen LogP contribution in [0.3, 0.4) is 0 Å². The number of amides is 2. The summed E-state index contributed by atoms with van der Waals surface area (Å²) in [6.07, 6.45) is 7.90. The predicted molar refractivity (Wildman–Crippen MR) is 129 cm³/mol. The zero-order chi connectivity index (χ0) is 23.5. The van der Waals surface area contributed by atoms with Gasteiger partial charge in [0.25, 0.3) is 11.8 Å². The lowest BCUT2D eigenvalue weighted by atomic mass is 9.74. The number of hydrogen-bond donors (Lipinski definition) is 2. The predicted octanol–water partition coefficient (Wildman–Crippen LogP) is 3.64. The van der Waals surface area contributed by atoms with E-state index in [4.69, 9.17) is 0 Å². The van der Waals surface area contributed by atoms with Crippen molar-refractivity contribution in [2.45, 2.75) is 38.1 Å². The average Bonchev–Trinajstić information content (AvgIpc) is 3.26. The zero-order valence-corrected chi connectivity index (χ0v) is 19.0. The highest BCUT2D eigenvalue weighted by molar-refractivity contribution is 5.94. The van der Waals surface area contributed by atoms with Gasteiger partial charge in [-0.3, -0.25) is 19.4 Å². The number of benzene rings is 1. The van der Waals surface area contributed by atoms with Gasteiger partial charge in [-0.2, -0.15) is 0 Å². The molecule has 1 spiro atoms. The van der Waals surface area contributed by atoms with Crippen molar-refractivity contribution in [2.24, 2.45) is 5.41 Å². The monoisotopic (exact) mass is 456 g/mol. The highest BCUT2D eigenvalue weighted by Gasteiger charge is 2.46. The summed E-state index contributed by atoms with van der Waals surface area (Å²) in [5.74, 6) is -0.206. The Balaban J connectivity index is 1.25. The Kier molecular flexibility index (Phi) is 6.01. The molecule has 1 saturated heterocycles. The van der Waals surface area contributed by atoms with Crippen molar-refractivity contribution in [2.75, 3.05) is 13.1 Å². The number of nitrogens with one attached hydrogen (secondary N) is 2. The molecule has 2 amide bonds. The molecule has 174 valence electrons. The number of nitrogens with zero attached hydrogens (tertiary/aromatic N) is 2. The molecule has 2 aliphatic rings. The first kappa shape index (κ1) is 22.1. The van der Waals surface area contributed by atoms with Gasteiger partial charge in [-0.15, -0.1) is 0 Å². The second kappa shape index (κ2) is 9.25. The van der Waals surface area contributed by atoms with Crippen LogP contribution < -0.4 is 10.9 Å². The minimum atomic E-state index is -0.227. The van der Waals surface area contributed by atoms with Crippen LogP contribution in [0.1, 0.15) is 53.0 Å². The first-order valence-electron chi connectivity index (χ1n) is 11.8. The molecule has 5 rings (SSSR count). The summed E-state index contributed by atoms with van der Waals surface area (Å²) in [7, 11) is 0. The minimum Gasteiger partial charge on any atom is -0.349 e. The van der Waals surface area contributed by atoms with Crippen molar-refractivity contribution in [1.29, 1.82) is 0 Å². The molecule has 1 aromatic carbocycles. The van der Waals surface area contributed by atoms with Crippen LogP contribution in [0.5, 0.6) is 0 Å². The molecule has 1 aliphatic carbocycles. The Bertz CT molecular complexity index is 1230. The topological polar surface area (TPSA) is 95.2 Å². The van der Waals surface area contributed by atoms with E-state index in [0.29, 0.717) is 24.3 Å². The van der Waals surface area contributed by atoms with Gasteiger partial charge in [-0.05, 0) is 60.4 Å². The molecule has 1 saturated carbocycles. The summed E-state index contributed by atoms with van der Waals surface area (Å²) >= 11 is 0. The Morgan fingerprint density at radius 2 is 1.79 bits per heavy atom. The van der Waals surface area contributed by atoms with Crippen LogP contribution in [0.2, 0.25) is 0 Å². The zero-order valence-electron chi connectivity index (χ0n) is 19.0. The molecule has 7 heteroatoms. The van der Waals surface area contributed by atoms with Crippen molar-refractivity contribution in [3.8, 4) is 11.1 Å². The third-order valence-corrected chi connectivity index (χ3v) is 7.39. The van der Waals surface area contributed by atoms with Gasteiger partial charge in [0.05, 0.1) is 5.56 Å². The van der Waals surface area contributed by atoms with Crippen LogP contribution in [0.4, 0.5) is 0 Å². The number of carbonyl (C=O) groups is 2. The molecule has 1 atom stereocenters. The van der Waals surface area contributed by atoms with Gasteiger partial charge in [0, 0.05) is 37.6 Å². The number of H-pyrrole nitrogens is 1. The van der Waals surface area contributed by atoms with Gasteiger partial charge >= 0.3 is 0 Å². The van der Waals surface area contributed by atoms with Gasteiger partial charge in [-0.25, -0.2) is 0 Å². The smallest absolute Gasteiger partial charge is 0.272 e. The van der Waals surface area contributed by atoms with Crippen LogP contribution in [0.25, 0.3) is 11.1 Å².